The van der Waals surface area contributed by atoms with Crippen LogP contribution in [-0.2, 0) is 16.0 Å². The van der Waals surface area contributed by atoms with Gasteiger partial charge in [0.05, 0.1) is 12.8 Å². The highest BCUT2D eigenvalue weighted by molar-refractivity contribution is 6.39. The minimum atomic E-state index is -0.726. The lowest BCUT2D eigenvalue weighted by atomic mass is 10.1. The Morgan fingerprint density at radius 3 is 2.59 bits per heavy atom. The number of carbonyl (C=O) groups excluding carboxylic acids is 2. The maximum absolute atomic E-state index is 12.1. The minimum Gasteiger partial charge on any atom is -0.496 e. The number of aromatic nitrogens is 3. The first-order chi connectivity index (χ1) is 13.2. The molecule has 138 valence electrons. The molecule has 0 unspecified atom stereocenters. The van der Waals surface area contributed by atoms with Crippen LogP contribution < -0.4 is 15.4 Å². The lowest BCUT2D eigenvalue weighted by Crippen LogP contribution is -2.36. The summed E-state index contributed by atoms with van der Waals surface area (Å²) in [6.45, 7) is 0.327. The summed E-state index contributed by atoms with van der Waals surface area (Å²) in [4.78, 5) is 24.1. The molecule has 0 atom stereocenters. The molecule has 0 aliphatic carbocycles. The first kappa shape index (κ1) is 18.1. The highest BCUT2D eigenvalue weighted by Gasteiger charge is 2.14. The van der Waals surface area contributed by atoms with Crippen molar-refractivity contribution in [1.82, 2.24) is 20.1 Å². The number of nitrogens with zero attached hydrogens (tertiary/aromatic N) is 3. The van der Waals surface area contributed by atoms with Gasteiger partial charge in [0.2, 0.25) is 0 Å². The SMILES string of the molecule is COc1ccccc1CCNC(=O)C(=O)Nc1cccc(-n2cnnc2)c1. The Bertz CT molecular complexity index is 925. The maximum Gasteiger partial charge on any atom is 0.313 e. The van der Waals surface area contributed by atoms with Gasteiger partial charge >= 0.3 is 11.8 Å². The molecule has 2 N–H and O–H groups in total. The lowest BCUT2D eigenvalue weighted by molar-refractivity contribution is -0.136. The van der Waals surface area contributed by atoms with Gasteiger partial charge in [-0.15, -0.1) is 10.2 Å². The molecule has 0 aliphatic rings. The van der Waals surface area contributed by atoms with Crippen LogP contribution in [0.3, 0.4) is 0 Å². The van der Waals surface area contributed by atoms with Crippen molar-refractivity contribution in [2.45, 2.75) is 6.42 Å². The molecular formula is C19H19N5O3. The predicted octanol–water partition coefficient (Wildman–Crippen LogP) is 1.57. The van der Waals surface area contributed by atoms with E-state index in [1.807, 2.05) is 30.3 Å². The lowest BCUT2D eigenvalue weighted by Gasteiger charge is -2.10. The van der Waals surface area contributed by atoms with E-state index in [1.165, 1.54) is 0 Å². The van der Waals surface area contributed by atoms with Gasteiger partial charge in [0.1, 0.15) is 18.4 Å². The van der Waals surface area contributed by atoms with Crippen LogP contribution in [0.1, 0.15) is 5.56 Å². The largest absolute Gasteiger partial charge is 0.496 e. The average molecular weight is 365 g/mol. The molecule has 0 fully saturated rings. The number of amides is 2. The number of carbonyl (C=O) groups is 2. The van der Waals surface area contributed by atoms with E-state index < -0.39 is 11.8 Å². The van der Waals surface area contributed by atoms with E-state index in [2.05, 4.69) is 20.8 Å². The van der Waals surface area contributed by atoms with E-state index >= 15 is 0 Å². The molecule has 8 nitrogen and oxygen atoms in total. The van der Waals surface area contributed by atoms with Crippen LogP contribution in [0.25, 0.3) is 5.69 Å². The molecule has 3 aromatic rings. The maximum atomic E-state index is 12.1. The van der Waals surface area contributed by atoms with Crippen molar-refractivity contribution in [2.24, 2.45) is 0 Å². The zero-order chi connectivity index (χ0) is 19.1. The van der Waals surface area contributed by atoms with Crippen LogP contribution in [0.4, 0.5) is 5.69 Å². The van der Waals surface area contributed by atoms with E-state index in [-0.39, 0.29) is 0 Å². The molecule has 0 bridgehead atoms. The topological polar surface area (TPSA) is 98.1 Å². The summed E-state index contributed by atoms with van der Waals surface area (Å²) in [7, 11) is 1.60. The van der Waals surface area contributed by atoms with Gasteiger partial charge in [-0.2, -0.15) is 0 Å². The standard InChI is InChI=1S/C19H19N5O3/c1-27-17-8-3-2-5-14(17)9-10-20-18(25)19(26)23-15-6-4-7-16(11-15)24-12-21-22-13-24/h2-8,11-13H,9-10H2,1H3,(H,20,25)(H,23,26). The molecule has 0 saturated heterocycles. The Hall–Kier alpha value is -3.68. The van der Waals surface area contributed by atoms with Crippen molar-refractivity contribution in [2.75, 3.05) is 19.0 Å². The van der Waals surface area contributed by atoms with Crippen molar-refractivity contribution >= 4 is 17.5 Å². The van der Waals surface area contributed by atoms with Crippen molar-refractivity contribution in [3.8, 4) is 11.4 Å². The van der Waals surface area contributed by atoms with Crippen molar-refractivity contribution in [1.29, 1.82) is 0 Å². The smallest absolute Gasteiger partial charge is 0.313 e. The third-order valence-corrected chi connectivity index (χ3v) is 3.90. The highest BCUT2D eigenvalue weighted by Crippen LogP contribution is 2.17. The minimum absolute atomic E-state index is 0.327. The third kappa shape index (κ3) is 4.69. The molecule has 0 aliphatic heterocycles. The molecule has 2 amide bonds. The number of rotatable bonds is 6. The monoisotopic (exact) mass is 365 g/mol. The first-order valence-electron chi connectivity index (χ1n) is 8.33. The van der Waals surface area contributed by atoms with Gasteiger partial charge in [0, 0.05) is 12.2 Å². The highest BCUT2D eigenvalue weighted by atomic mass is 16.5. The van der Waals surface area contributed by atoms with E-state index in [9.17, 15) is 9.59 Å². The molecule has 27 heavy (non-hydrogen) atoms. The van der Waals surface area contributed by atoms with E-state index in [0.717, 1.165) is 17.0 Å². The summed E-state index contributed by atoms with van der Waals surface area (Å²) in [5.74, 6) is -0.669. The van der Waals surface area contributed by atoms with Crippen LogP contribution in [0.2, 0.25) is 0 Å². The summed E-state index contributed by atoms with van der Waals surface area (Å²) >= 11 is 0. The van der Waals surface area contributed by atoms with Gasteiger partial charge < -0.3 is 15.4 Å². The summed E-state index contributed by atoms with van der Waals surface area (Å²) in [6, 6.07) is 14.6. The third-order valence-electron chi connectivity index (χ3n) is 3.90. The van der Waals surface area contributed by atoms with Gasteiger partial charge in [0.25, 0.3) is 0 Å². The Balaban J connectivity index is 1.54. The summed E-state index contributed by atoms with van der Waals surface area (Å²) in [5.41, 5.74) is 2.24. The molecule has 1 heterocycles. The molecular weight excluding hydrogens is 346 g/mol. The van der Waals surface area contributed by atoms with Crippen LogP contribution in [-0.4, -0.2) is 40.2 Å². The molecule has 2 aromatic carbocycles. The number of methoxy groups -OCH3 is 1. The molecule has 0 radical (unpaired) electrons. The summed E-state index contributed by atoms with van der Waals surface area (Å²) in [6.07, 6.45) is 3.66. The Morgan fingerprint density at radius 1 is 1.04 bits per heavy atom. The number of hydrogen-bond acceptors (Lipinski definition) is 5. The second-order valence-corrected chi connectivity index (χ2v) is 5.69. The number of ether oxygens (including phenoxy) is 1. The Labute approximate surface area is 156 Å². The van der Waals surface area contributed by atoms with Gasteiger partial charge in [-0.25, -0.2) is 0 Å². The average Bonchev–Trinajstić information content (AvgIpc) is 3.23. The predicted molar refractivity (Wildman–Crippen MR) is 99.7 cm³/mol. The van der Waals surface area contributed by atoms with Gasteiger partial charge in [-0.3, -0.25) is 14.2 Å². The van der Waals surface area contributed by atoms with E-state index in [1.54, 1.807) is 42.5 Å². The van der Waals surface area contributed by atoms with Crippen LogP contribution in [0.15, 0.2) is 61.2 Å². The van der Waals surface area contributed by atoms with Crippen molar-refractivity contribution in [3.63, 3.8) is 0 Å². The summed E-state index contributed by atoms with van der Waals surface area (Å²) < 4.78 is 6.97. The fourth-order valence-electron chi connectivity index (χ4n) is 2.57. The van der Waals surface area contributed by atoms with E-state index in [4.69, 9.17) is 4.74 Å². The number of anilines is 1. The van der Waals surface area contributed by atoms with Crippen LogP contribution >= 0.6 is 0 Å². The summed E-state index contributed by atoms with van der Waals surface area (Å²) in [5, 5.41) is 12.7. The Morgan fingerprint density at radius 2 is 1.81 bits per heavy atom. The second-order valence-electron chi connectivity index (χ2n) is 5.69. The zero-order valence-corrected chi connectivity index (χ0v) is 14.8. The number of benzene rings is 2. The number of hydrogen-bond donors (Lipinski definition) is 2. The fraction of sp³-hybridized carbons (Fsp3) is 0.158. The molecule has 1 aromatic heterocycles. The first-order valence-corrected chi connectivity index (χ1v) is 8.33. The molecule has 8 heteroatoms. The van der Waals surface area contributed by atoms with Crippen molar-refractivity contribution in [3.05, 3.63) is 66.7 Å². The van der Waals surface area contributed by atoms with E-state index in [0.29, 0.717) is 18.7 Å². The van der Waals surface area contributed by atoms with Gasteiger partial charge in [0.15, 0.2) is 0 Å². The van der Waals surface area contributed by atoms with Gasteiger partial charge in [-0.05, 0) is 36.2 Å². The van der Waals surface area contributed by atoms with Gasteiger partial charge in [-0.1, -0.05) is 24.3 Å². The number of para-hydroxylation sites is 1. The molecule has 0 saturated carbocycles. The quantitative estimate of drug-likeness (QED) is 0.646. The van der Waals surface area contributed by atoms with Crippen LogP contribution in [0.5, 0.6) is 5.75 Å². The number of nitrogens with one attached hydrogen (secondary N) is 2. The fourth-order valence-corrected chi connectivity index (χ4v) is 2.57. The van der Waals surface area contributed by atoms with Crippen molar-refractivity contribution < 1.29 is 14.3 Å². The normalized spacial score (nSPS) is 10.3. The molecule has 3 rings (SSSR count). The zero-order valence-electron chi connectivity index (χ0n) is 14.8. The Kier molecular flexibility index (Phi) is 5.78. The second kappa shape index (κ2) is 8.61. The molecule has 0 spiro atoms. The van der Waals surface area contributed by atoms with Crippen LogP contribution in [0, 0.1) is 0 Å².